The van der Waals surface area contributed by atoms with Crippen molar-refractivity contribution in [2.75, 3.05) is 0 Å². The molecule has 0 saturated heterocycles. The molecule has 1 atom stereocenters. The Hall–Kier alpha value is -2.93. The summed E-state index contributed by atoms with van der Waals surface area (Å²) < 4.78 is 5.88. The third kappa shape index (κ3) is 5.29. The summed E-state index contributed by atoms with van der Waals surface area (Å²) in [5.41, 5.74) is 12.7. The maximum Gasteiger partial charge on any atom is 0.254 e. The molecule has 7 heteroatoms. The van der Waals surface area contributed by atoms with Crippen molar-refractivity contribution in [3.8, 4) is 5.88 Å². The van der Waals surface area contributed by atoms with E-state index in [2.05, 4.69) is 10.3 Å². The Morgan fingerprint density at radius 3 is 2.50 bits per heavy atom. The van der Waals surface area contributed by atoms with Crippen molar-refractivity contribution >= 4 is 11.8 Å². The summed E-state index contributed by atoms with van der Waals surface area (Å²) in [4.78, 5) is 28.0. The van der Waals surface area contributed by atoms with E-state index in [1.165, 1.54) is 0 Å². The third-order valence-electron chi connectivity index (χ3n) is 4.97. The van der Waals surface area contributed by atoms with Gasteiger partial charge in [0.05, 0.1) is 6.04 Å². The van der Waals surface area contributed by atoms with Crippen molar-refractivity contribution in [3.05, 3.63) is 59.8 Å². The lowest BCUT2D eigenvalue weighted by Gasteiger charge is -2.30. The summed E-state index contributed by atoms with van der Waals surface area (Å²) in [7, 11) is 0. The first kappa shape index (κ1) is 19.8. The average Bonchev–Trinajstić information content (AvgIpc) is 2.70. The summed E-state index contributed by atoms with van der Waals surface area (Å²) >= 11 is 0. The predicted octanol–water partition coefficient (Wildman–Crippen LogP) is 1.56. The fraction of sp³-hybridized carbons (Fsp3) is 0.381. The Morgan fingerprint density at radius 2 is 1.82 bits per heavy atom. The van der Waals surface area contributed by atoms with E-state index in [0.29, 0.717) is 6.42 Å². The van der Waals surface area contributed by atoms with Crippen LogP contribution in [0.2, 0.25) is 0 Å². The Labute approximate surface area is 164 Å². The van der Waals surface area contributed by atoms with Gasteiger partial charge in [-0.15, -0.1) is 0 Å². The van der Waals surface area contributed by atoms with E-state index in [4.69, 9.17) is 16.2 Å². The molecule has 1 heterocycles. The quantitative estimate of drug-likeness (QED) is 0.671. The molecule has 7 nitrogen and oxygen atoms in total. The zero-order chi connectivity index (χ0) is 19.9. The maximum absolute atomic E-state index is 12.4. The van der Waals surface area contributed by atoms with E-state index >= 15 is 0 Å². The standard InChI is InChI=1S/C21H26N4O3/c22-18(13-14-5-2-1-3-6-14)20(27)25-15-8-10-16(11-9-15)28-21-17(19(23)26)7-4-12-24-21/h1-7,12,15-16,18H,8-11,13,22H2,(H2,23,26)(H,25,27)/t15-,16-,18-/m0/s1. The number of ether oxygens (including phenoxy) is 1. The molecule has 0 unspecified atom stereocenters. The molecule has 1 aliphatic rings. The minimum atomic E-state index is -0.567. The lowest BCUT2D eigenvalue weighted by atomic mass is 9.92. The van der Waals surface area contributed by atoms with Gasteiger partial charge in [0.25, 0.3) is 5.91 Å². The van der Waals surface area contributed by atoms with Crippen molar-refractivity contribution < 1.29 is 14.3 Å². The van der Waals surface area contributed by atoms with Gasteiger partial charge in [0.1, 0.15) is 11.7 Å². The smallest absolute Gasteiger partial charge is 0.254 e. The van der Waals surface area contributed by atoms with E-state index in [1.54, 1.807) is 18.3 Å². The number of hydrogen-bond acceptors (Lipinski definition) is 5. The van der Waals surface area contributed by atoms with Gasteiger partial charge in [-0.2, -0.15) is 0 Å². The van der Waals surface area contributed by atoms with Gasteiger partial charge in [-0.1, -0.05) is 30.3 Å². The highest BCUT2D eigenvalue weighted by Gasteiger charge is 2.26. The van der Waals surface area contributed by atoms with E-state index < -0.39 is 11.9 Å². The zero-order valence-electron chi connectivity index (χ0n) is 15.7. The number of primary amides is 1. The fourth-order valence-corrected chi connectivity index (χ4v) is 3.42. The Morgan fingerprint density at radius 1 is 1.11 bits per heavy atom. The van der Waals surface area contributed by atoms with Crippen LogP contribution in [0.1, 0.15) is 41.6 Å². The molecule has 1 saturated carbocycles. The molecule has 1 fully saturated rings. The number of aromatic nitrogens is 1. The molecule has 0 radical (unpaired) electrons. The van der Waals surface area contributed by atoms with Gasteiger partial charge in [-0.3, -0.25) is 9.59 Å². The normalized spacial score (nSPS) is 20.2. The molecule has 0 aliphatic heterocycles. The monoisotopic (exact) mass is 382 g/mol. The van der Waals surface area contributed by atoms with Crippen LogP contribution in [0.4, 0.5) is 0 Å². The average molecular weight is 382 g/mol. The van der Waals surface area contributed by atoms with Gasteiger partial charge < -0.3 is 21.5 Å². The molecule has 2 amide bonds. The van der Waals surface area contributed by atoms with Crippen LogP contribution in [0.5, 0.6) is 5.88 Å². The van der Waals surface area contributed by atoms with Crippen LogP contribution in [0.3, 0.4) is 0 Å². The van der Waals surface area contributed by atoms with Gasteiger partial charge in [-0.25, -0.2) is 4.98 Å². The molecular formula is C21H26N4O3. The highest BCUT2D eigenvalue weighted by Crippen LogP contribution is 2.24. The Bertz CT molecular complexity index is 804. The molecule has 5 N–H and O–H groups in total. The van der Waals surface area contributed by atoms with Crippen molar-refractivity contribution in [2.45, 2.75) is 50.3 Å². The van der Waals surface area contributed by atoms with Gasteiger partial charge >= 0.3 is 0 Å². The summed E-state index contributed by atoms with van der Waals surface area (Å²) in [6.07, 6.45) is 5.11. The topological polar surface area (TPSA) is 120 Å². The number of carbonyl (C=O) groups is 2. The second kappa shape index (κ2) is 9.32. The lowest BCUT2D eigenvalue weighted by Crippen LogP contribution is -2.48. The van der Waals surface area contributed by atoms with Gasteiger partial charge in [0.15, 0.2) is 0 Å². The summed E-state index contributed by atoms with van der Waals surface area (Å²) in [5.74, 6) is -0.419. The number of rotatable bonds is 7. The van der Waals surface area contributed by atoms with Crippen molar-refractivity contribution in [1.29, 1.82) is 0 Å². The second-order valence-corrected chi connectivity index (χ2v) is 7.12. The van der Waals surface area contributed by atoms with E-state index in [9.17, 15) is 9.59 Å². The van der Waals surface area contributed by atoms with Crippen LogP contribution in [0.15, 0.2) is 48.7 Å². The first-order chi connectivity index (χ1) is 13.5. The molecule has 0 bridgehead atoms. The number of hydrogen-bond donors (Lipinski definition) is 3. The maximum atomic E-state index is 12.4. The fourth-order valence-electron chi connectivity index (χ4n) is 3.42. The lowest BCUT2D eigenvalue weighted by molar-refractivity contribution is -0.123. The Kier molecular flexibility index (Phi) is 6.60. The first-order valence-electron chi connectivity index (χ1n) is 9.54. The largest absolute Gasteiger partial charge is 0.474 e. The molecule has 3 rings (SSSR count). The predicted molar refractivity (Wildman–Crippen MR) is 106 cm³/mol. The van der Waals surface area contributed by atoms with Crippen LogP contribution < -0.4 is 21.5 Å². The van der Waals surface area contributed by atoms with Crippen LogP contribution >= 0.6 is 0 Å². The van der Waals surface area contributed by atoms with Gasteiger partial charge in [-0.05, 0) is 49.8 Å². The van der Waals surface area contributed by atoms with Crippen LogP contribution in [-0.2, 0) is 11.2 Å². The Balaban J connectivity index is 1.46. The minimum Gasteiger partial charge on any atom is -0.474 e. The van der Waals surface area contributed by atoms with Crippen LogP contribution in [0.25, 0.3) is 0 Å². The van der Waals surface area contributed by atoms with E-state index in [1.807, 2.05) is 30.3 Å². The number of nitrogens with two attached hydrogens (primary N) is 2. The number of nitrogens with one attached hydrogen (secondary N) is 1. The zero-order valence-corrected chi connectivity index (χ0v) is 15.7. The third-order valence-corrected chi connectivity index (χ3v) is 4.97. The highest BCUT2D eigenvalue weighted by molar-refractivity contribution is 5.94. The molecule has 1 aromatic carbocycles. The highest BCUT2D eigenvalue weighted by atomic mass is 16.5. The molecule has 1 aromatic heterocycles. The minimum absolute atomic E-state index is 0.0563. The molecule has 2 aromatic rings. The van der Waals surface area contributed by atoms with Crippen LogP contribution in [-0.4, -0.2) is 35.0 Å². The van der Waals surface area contributed by atoms with Gasteiger partial charge in [0, 0.05) is 12.2 Å². The number of pyridine rings is 1. The van der Waals surface area contributed by atoms with Crippen molar-refractivity contribution in [3.63, 3.8) is 0 Å². The molecule has 28 heavy (non-hydrogen) atoms. The molecule has 0 spiro atoms. The van der Waals surface area contributed by atoms with E-state index in [-0.39, 0.29) is 29.5 Å². The molecule has 1 aliphatic carbocycles. The van der Waals surface area contributed by atoms with E-state index in [0.717, 1.165) is 31.2 Å². The van der Waals surface area contributed by atoms with Gasteiger partial charge in [0.2, 0.25) is 11.8 Å². The number of benzene rings is 1. The number of amides is 2. The summed E-state index contributed by atoms with van der Waals surface area (Å²) in [5, 5.41) is 3.04. The van der Waals surface area contributed by atoms with Crippen molar-refractivity contribution in [2.24, 2.45) is 11.5 Å². The SMILES string of the molecule is NC(=O)c1cccnc1O[C@H]1CC[C@H](NC(=O)[C@@H](N)Cc2ccccc2)CC1. The number of nitrogens with zero attached hydrogens (tertiary/aromatic N) is 1. The molecular weight excluding hydrogens is 356 g/mol. The van der Waals surface area contributed by atoms with Crippen molar-refractivity contribution in [1.82, 2.24) is 10.3 Å². The second-order valence-electron chi connectivity index (χ2n) is 7.12. The summed E-state index contributed by atoms with van der Waals surface area (Å²) in [6, 6.07) is 12.5. The van der Waals surface area contributed by atoms with Crippen LogP contribution in [0, 0.1) is 0 Å². The molecule has 148 valence electrons. The summed E-state index contributed by atoms with van der Waals surface area (Å²) in [6.45, 7) is 0. The first-order valence-corrected chi connectivity index (χ1v) is 9.54. The number of carbonyl (C=O) groups excluding carboxylic acids is 2.